The summed E-state index contributed by atoms with van der Waals surface area (Å²) in [5, 5.41) is 3.67. The predicted octanol–water partition coefficient (Wildman–Crippen LogP) is 1.13. The summed E-state index contributed by atoms with van der Waals surface area (Å²) in [5.74, 6) is 1.93. The van der Waals surface area contributed by atoms with Gasteiger partial charge in [-0.25, -0.2) is 0 Å². The van der Waals surface area contributed by atoms with Crippen LogP contribution in [0.25, 0.3) is 0 Å². The molecule has 0 aromatic heterocycles. The number of rotatable bonds is 8. The Kier molecular flexibility index (Phi) is 4.00. The highest BCUT2D eigenvalue weighted by atomic mass is 16.5. The number of methoxy groups -OCH3 is 1. The van der Waals surface area contributed by atoms with E-state index in [1.807, 2.05) is 0 Å². The van der Waals surface area contributed by atoms with Gasteiger partial charge in [-0.15, -0.1) is 0 Å². The fourth-order valence-corrected chi connectivity index (χ4v) is 2.29. The lowest BCUT2D eigenvalue weighted by molar-refractivity contribution is 0.186. The molecule has 0 aromatic rings. The van der Waals surface area contributed by atoms with E-state index in [0.717, 1.165) is 37.5 Å². The van der Waals surface area contributed by atoms with Crippen molar-refractivity contribution < 1.29 is 4.74 Å². The predicted molar refractivity (Wildman–Crippen MR) is 61.7 cm³/mol. The van der Waals surface area contributed by atoms with Crippen LogP contribution in [0.4, 0.5) is 0 Å². The second-order valence-electron chi connectivity index (χ2n) is 5.15. The van der Waals surface area contributed by atoms with E-state index < -0.39 is 0 Å². The maximum Gasteiger partial charge on any atom is 0.0477 e. The Bertz CT molecular complexity index is 178. The van der Waals surface area contributed by atoms with E-state index in [9.17, 15) is 0 Å². The van der Waals surface area contributed by atoms with Crippen LogP contribution in [0.1, 0.15) is 32.1 Å². The van der Waals surface area contributed by atoms with Crippen LogP contribution in [-0.2, 0) is 4.74 Å². The zero-order valence-corrected chi connectivity index (χ0v) is 9.74. The molecule has 2 aliphatic rings. The molecule has 15 heavy (non-hydrogen) atoms. The van der Waals surface area contributed by atoms with Crippen molar-refractivity contribution in [3.8, 4) is 0 Å². The summed E-state index contributed by atoms with van der Waals surface area (Å²) in [7, 11) is 1.73. The molecule has 88 valence electrons. The minimum Gasteiger partial charge on any atom is -0.385 e. The fourth-order valence-electron chi connectivity index (χ4n) is 2.29. The molecule has 2 fully saturated rings. The van der Waals surface area contributed by atoms with E-state index in [0.29, 0.717) is 0 Å². The molecule has 0 aromatic carbocycles. The number of ether oxygens (including phenoxy) is 1. The third kappa shape index (κ3) is 3.74. The van der Waals surface area contributed by atoms with Gasteiger partial charge in [0, 0.05) is 32.3 Å². The zero-order valence-electron chi connectivity index (χ0n) is 9.74. The van der Waals surface area contributed by atoms with Gasteiger partial charge in [0.25, 0.3) is 0 Å². The molecule has 0 bridgehead atoms. The van der Waals surface area contributed by atoms with Gasteiger partial charge in [0.05, 0.1) is 0 Å². The first-order valence-corrected chi connectivity index (χ1v) is 6.29. The topological polar surface area (TPSA) is 47.3 Å². The molecule has 1 atom stereocenters. The van der Waals surface area contributed by atoms with E-state index in [1.54, 1.807) is 7.11 Å². The van der Waals surface area contributed by atoms with E-state index in [2.05, 4.69) is 5.32 Å². The van der Waals surface area contributed by atoms with Crippen molar-refractivity contribution in [3.63, 3.8) is 0 Å². The van der Waals surface area contributed by atoms with Crippen LogP contribution in [0.3, 0.4) is 0 Å². The van der Waals surface area contributed by atoms with E-state index in [-0.39, 0.29) is 6.04 Å². The number of nitrogens with two attached hydrogens (primary N) is 1. The fraction of sp³-hybridized carbons (Fsp3) is 1.00. The SMILES string of the molecule is COCCC(N)CNC(C1CC1)C1CC1. The standard InChI is InChI=1S/C12H24N2O/c1-15-7-6-11(13)8-14-12(9-2-3-9)10-4-5-10/h9-12,14H,2-8,13H2,1H3. The van der Waals surface area contributed by atoms with Crippen LogP contribution in [0.2, 0.25) is 0 Å². The maximum atomic E-state index is 6.01. The molecule has 1 unspecified atom stereocenters. The Hall–Kier alpha value is -0.120. The van der Waals surface area contributed by atoms with Crippen molar-refractivity contribution in [2.75, 3.05) is 20.3 Å². The normalized spacial score (nSPS) is 23.4. The minimum absolute atomic E-state index is 0.255. The van der Waals surface area contributed by atoms with Gasteiger partial charge in [-0.2, -0.15) is 0 Å². The summed E-state index contributed by atoms with van der Waals surface area (Å²) >= 11 is 0. The second kappa shape index (κ2) is 5.28. The number of hydrogen-bond acceptors (Lipinski definition) is 3. The molecular formula is C12H24N2O. The quantitative estimate of drug-likeness (QED) is 0.634. The van der Waals surface area contributed by atoms with E-state index in [4.69, 9.17) is 10.5 Å². The molecule has 2 saturated carbocycles. The molecule has 0 heterocycles. The first kappa shape index (κ1) is 11.4. The van der Waals surface area contributed by atoms with Gasteiger partial charge in [-0.05, 0) is 43.9 Å². The smallest absolute Gasteiger partial charge is 0.0477 e. The lowest BCUT2D eigenvalue weighted by Gasteiger charge is -2.20. The van der Waals surface area contributed by atoms with E-state index >= 15 is 0 Å². The Morgan fingerprint density at radius 3 is 2.33 bits per heavy atom. The number of nitrogens with one attached hydrogen (secondary N) is 1. The molecule has 0 radical (unpaired) electrons. The molecule has 2 aliphatic carbocycles. The van der Waals surface area contributed by atoms with Crippen LogP contribution in [0, 0.1) is 11.8 Å². The summed E-state index contributed by atoms with van der Waals surface area (Å²) < 4.78 is 5.03. The highest BCUT2D eigenvalue weighted by Gasteiger charge is 2.41. The maximum absolute atomic E-state index is 6.01. The van der Waals surface area contributed by atoms with Gasteiger partial charge >= 0.3 is 0 Å². The highest BCUT2D eigenvalue weighted by Crippen LogP contribution is 2.44. The van der Waals surface area contributed by atoms with Crippen molar-refractivity contribution in [3.05, 3.63) is 0 Å². The average molecular weight is 212 g/mol. The molecule has 3 heteroatoms. The van der Waals surface area contributed by atoms with Gasteiger partial charge < -0.3 is 15.8 Å². The van der Waals surface area contributed by atoms with Crippen molar-refractivity contribution in [2.24, 2.45) is 17.6 Å². The monoisotopic (exact) mass is 212 g/mol. The summed E-state index contributed by atoms with van der Waals surface area (Å²) in [6, 6.07) is 1.03. The first-order valence-electron chi connectivity index (χ1n) is 6.29. The molecule has 0 amide bonds. The lowest BCUT2D eigenvalue weighted by atomic mass is 10.1. The van der Waals surface area contributed by atoms with Crippen LogP contribution >= 0.6 is 0 Å². The summed E-state index contributed by atoms with van der Waals surface area (Å²) in [5.41, 5.74) is 6.01. The minimum atomic E-state index is 0.255. The lowest BCUT2D eigenvalue weighted by Crippen LogP contribution is -2.42. The molecule has 0 spiro atoms. The summed E-state index contributed by atoms with van der Waals surface area (Å²) in [4.78, 5) is 0. The van der Waals surface area contributed by atoms with Crippen LogP contribution in [0.5, 0.6) is 0 Å². The van der Waals surface area contributed by atoms with Crippen molar-refractivity contribution in [1.29, 1.82) is 0 Å². The number of hydrogen-bond donors (Lipinski definition) is 2. The van der Waals surface area contributed by atoms with Crippen molar-refractivity contribution >= 4 is 0 Å². The molecule has 0 saturated heterocycles. The Morgan fingerprint density at radius 2 is 1.87 bits per heavy atom. The van der Waals surface area contributed by atoms with E-state index in [1.165, 1.54) is 25.7 Å². The zero-order chi connectivity index (χ0) is 10.7. The van der Waals surface area contributed by atoms with Crippen molar-refractivity contribution in [1.82, 2.24) is 5.32 Å². The average Bonchev–Trinajstić information content (AvgIpc) is 3.05. The Labute approximate surface area is 92.7 Å². The third-order valence-electron chi connectivity index (χ3n) is 3.57. The molecule has 0 aliphatic heterocycles. The highest BCUT2D eigenvalue weighted by molar-refractivity contribution is 4.96. The van der Waals surface area contributed by atoms with Crippen LogP contribution in [-0.4, -0.2) is 32.3 Å². The largest absolute Gasteiger partial charge is 0.385 e. The summed E-state index contributed by atoms with van der Waals surface area (Å²) in [6.07, 6.45) is 6.69. The van der Waals surface area contributed by atoms with Gasteiger partial charge in [0.2, 0.25) is 0 Å². The van der Waals surface area contributed by atoms with Gasteiger partial charge in [0.1, 0.15) is 0 Å². The van der Waals surface area contributed by atoms with Gasteiger partial charge in [-0.1, -0.05) is 0 Å². The van der Waals surface area contributed by atoms with Crippen molar-refractivity contribution in [2.45, 2.75) is 44.2 Å². The Balaban J connectivity index is 1.61. The van der Waals surface area contributed by atoms with Crippen LogP contribution < -0.4 is 11.1 Å². The van der Waals surface area contributed by atoms with Gasteiger partial charge in [0.15, 0.2) is 0 Å². The Morgan fingerprint density at radius 1 is 1.27 bits per heavy atom. The molecule has 3 N–H and O–H groups in total. The molecule has 3 nitrogen and oxygen atoms in total. The van der Waals surface area contributed by atoms with Gasteiger partial charge in [-0.3, -0.25) is 0 Å². The first-order chi connectivity index (χ1) is 7.31. The van der Waals surface area contributed by atoms with Crippen LogP contribution in [0.15, 0.2) is 0 Å². The third-order valence-corrected chi connectivity index (χ3v) is 3.57. The summed E-state index contributed by atoms with van der Waals surface area (Å²) in [6.45, 7) is 1.74. The molecular weight excluding hydrogens is 188 g/mol. The second-order valence-corrected chi connectivity index (χ2v) is 5.15. The molecule has 2 rings (SSSR count).